The Balaban J connectivity index is 2.34. The van der Waals surface area contributed by atoms with Crippen molar-refractivity contribution in [1.82, 2.24) is 0 Å². The Bertz CT molecular complexity index is 307. The van der Waals surface area contributed by atoms with Crippen LogP contribution in [-0.4, -0.2) is 41.6 Å². The fraction of sp³-hybridized carbons (Fsp3) is 0.778. The molecular weight excluding hydrogens is 200 g/mol. The molecule has 1 aliphatic heterocycles. The van der Waals surface area contributed by atoms with Crippen molar-refractivity contribution in [3.63, 3.8) is 0 Å². The van der Waals surface area contributed by atoms with Crippen LogP contribution in [0.1, 0.15) is 20.8 Å². The van der Waals surface area contributed by atoms with Crippen molar-refractivity contribution in [1.29, 1.82) is 0 Å². The number of hydrogen-bond donors (Lipinski definition) is 0. The van der Waals surface area contributed by atoms with Crippen molar-refractivity contribution >= 4 is 11.7 Å². The van der Waals surface area contributed by atoms with E-state index in [1.54, 1.807) is 13.8 Å². The first-order valence-corrected chi connectivity index (χ1v) is 4.62. The second-order valence-electron chi connectivity index (χ2n) is 3.73. The third kappa shape index (κ3) is 3.43. The lowest BCUT2D eigenvalue weighted by atomic mass is 10.4. The lowest BCUT2D eigenvalue weighted by Crippen LogP contribution is -2.26. The average Bonchev–Trinajstić information content (AvgIpc) is 2.53. The SMILES string of the molecule is CC(=[N+]=[N-])C(=O)OC[C@@H]1COC(C)(C)O1. The molecular formula is C9H14N2O4. The van der Waals surface area contributed by atoms with Gasteiger partial charge in [0.1, 0.15) is 12.7 Å². The van der Waals surface area contributed by atoms with Crippen LogP contribution in [0.4, 0.5) is 0 Å². The van der Waals surface area contributed by atoms with Gasteiger partial charge in [0, 0.05) is 6.92 Å². The van der Waals surface area contributed by atoms with Crippen molar-refractivity contribution < 1.29 is 23.8 Å². The van der Waals surface area contributed by atoms with Gasteiger partial charge in [-0.25, -0.2) is 4.79 Å². The maximum Gasteiger partial charge on any atom is 0.416 e. The molecule has 0 aliphatic carbocycles. The largest absolute Gasteiger partial charge is 0.454 e. The second kappa shape index (κ2) is 4.53. The molecule has 0 spiro atoms. The summed E-state index contributed by atoms with van der Waals surface area (Å²) >= 11 is 0. The zero-order valence-corrected chi connectivity index (χ0v) is 9.02. The van der Waals surface area contributed by atoms with Crippen LogP contribution >= 0.6 is 0 Å². The highest BCUT2D eigenvalue weighted by molar-refractivity contribution is 6.32. The summed E-state index contributed by atoms with van der Waals surface area (Å²) in [6, 6.07) is 0. The Morgan fingerprint density at radius 3 is 2.80 bits per heavy atom. The van der Waals surface area contributed by atoms with Crippen molar-refractivity contribution in [3.8, 4) is 0 Å². The van der Waals surface area contributed by atoms with Crippen LogP contribution in [0.2, 0.25) is 0 Å². The summed E-state index contributed by atoms with van der Waals surface area (Å²) < 4.78 is 15.5. The third-order valence-corrected chi connectivity index (χ3v) is 1.91. The topological polar surface area (TPSA) is 81.2 Å². The van der Waals surface area contributed by atoms with Crippen molar-refractivity contribution in [3.05, 3.63) is 5.53 Å². The Kier molecular flexibility index (Phi) is 3.57. The van der Waals surface area contributed by atoms with Gasteiger partial charge in [0.05, 0.1) is 6.61 Å². The number of rotatable bonds is 3. The first-order chi connectivity index (χ1) is 6.94. The Morgan fingerprint density at radius 2 is 2.33 bits per heavy atom. The third-order valence-electron chi connectivity index (χ3n) is 1.91. The zero-order chi connectivity index (χ0) is 11.5. The van der Waals surface area contributed by atoms with Gasteiger partial charge in [-0.2, -0.15) is 4.79 Å². The first-order valence-electron chi connectivity index (χ1n) is 4.62. The minimum absolute atomic E-state index is 0.0897. The summed E-state index contributed by atoms with van der Waals surface area (Å²) in [5.41, 5.74) is 8.22. The molecule has 0 saturated carbocycles. The van der Waals surface area contributed by atoms with E-state index >= 15 is 0 Å². The highest BCUT2D eigenvalue weighted by atomic mass is 16.7. The number of ether oxygens (including phenoxy) is 3. The average molecular weight is 214 g/mol. The molecule has 0 aromatic rings. The van der Waals surface area contributed by atoms with Gasteiger partial charge in [0.25, 0.3) is 0 Å². The molecule has 0 unspecified atom stereocenters. The van der Waals surface area contributed by atoms with Crippen molar-refractivity contribution in [2.45, 2.75) is 32.7 Å². The lowest BCUT2D eigenvalue weighted by molar-refractivity contribution is -0.155. The maximum absolute atomic E-state index is 11.1. The number of nitrogens with zero attached hydrogens (tertiary/aromatic N) is 2. The van der Waals surface area contributed by atoms with E-state index in [1.165, 1.54) is 6.92 Å². The summed E-state index contributed by atoms with van der Waals surface area (Å²) in [5, 5.41) is 0. The monoisotopic (exact) mass is 214 g/mol. The van der Waals surface area contributed by atoms with E-state index in [9.17, 15) is 4.79 Å². The van der Waals surface area contributed by atoms with Crippen molar-refractivity contribution in [2.75, 3.05) is 13.2 Å². The highest BCUT2D eigenvalue weighted by Gasteiger charge is 2.33. The van der Waals surface area contributed by atoms with Gasteiger partial charge in [0.2, 0.25) is 0 Å². The van der Waals surface area contributed by atoms with Crippen LogP contribution in [0.25, 0.3) is 5.53 Å². The van der Waals surface area contributed by atoms with Crippen LogP contribution in [0, 0.1) is 0 Å². The molecule has 1 fully saturated rings. The molecule has 1 aliphatic rings. The number of carbonyl (C=O) groups excluding carboxylic acids is 1. The molecule has 15 heavy (non-hydrogen) atoms. The van der Waals surface area contributed by atoms with Gasteiger partial charge in [-0.05, 0) is 13.8 Å². The molecule has 1 saturated heterocycles. The summed E-state index contributed by atoms with van der Waals surface area (Å²) in [5.74, 6) is -1.29. The number of hydrogen-bond acceptors (Lipinski definition) is 4. The predicted octanol–water partition coefficient (Wildman–Crippen LogP) is 0.372. The molecule has 0 aromatic carbocycles. The number of esters is 1. The first kappa shape index (κ1) is 11.8. The Hall–Kier alpha value is -1.23. The van der Waals surface area contributed by atoms with Gasteiger partial charge in [0.15, 0.2) is 5.79 Å². The predicted molar refractivity (Wildman–Crippen MR) is 50.2 cm³/mol. The summed E-state index contributed by atoms with van der Waals surface area (Å²) in [4.78, 5) is 13.8. The highest BCUT2D eigenvalue weighted by Crippen LogP contribution is 2.22. The molecule has 0 N–H and O–H groups in total. The summed E-state index contributed by atoms with van der Waals surface area (Å²) in [6.45, 7) is 5.41. The zero-order valence-electron chi connectivity index (χ0n) is 9.02. The van der Waals surface area contributed by atoms with Crippen molar-refractivity contribution in [2.24, 2.45) is 0 Å². The van der Waals surface area contributed by atoms with Crippen LogP contribution in [0.3, 0.4) is 0 Å². The fourth-order valence-corrected chi connectivity index (χ4v) is 1.16. The summed E-state index contributed by atoms with van der Waals surface area (Å²) in [6.07, 6.45) is -0.268. The van der Waals surface area contributed by atoms with E-state index in [-0.39, 0.29) is 18.4 Å². The number of carbonyl (C=O) groups is 1. The molecule has 0 amide bonds. The van der Waals surface area contributed by atoms with Crippen LogP contribution in [0.5, 0.6) is 0 Å². The van der Waals surface area contributed by atoms with E-state index < -0.39 is 11.8 Å². The van der Waals surface area contributed by atoms with E-state index in [1.807, 2.05) is 0 Å². The van der Waals surface area contributed by atoms with Gasteiger partial charge in [-0.15, -0.1) is 0 Å². The summed E-state index contributed by atoms with van der Waals surface area (Å²) in [7, 11) is 0. The van der Waals surface area contributed by atoms with E-state index in [0.29, 0.717) is 6.61 Å². The molecule has 1 heterocycles. The molecule has 0 aromatic heterocycles. The lowest BCUT2D eigenvalue weighted by Gasteiger charge is -2.16. The van der Waals surface area contributed by atoms with Crippen LogP contribution < -0.4 is 0 Å². The minimum Gasteiger partial charge on any atom is -0.454 e. The van der Waals surface area contributed by atoms with Gasteiger partial charge in [-0.3, -0.25) is 0 Å². The maximum atomic E-state index is 11.1. The Morgan fingerprint density at radius 1 is 1.67 bits per heavy atom. The minimum atomic E-state index is -0.661. The standard InChI is InChI=1S/C9H14N2O4/c1-6(11-10)8(12)13-4-7-5-14-9(2,3)15-7/h7H,4-5H2,1-3H3/t7-/m1/s1. The molecule has 0 radical (unpaired) electrons. The molecule has 84 valence electrons. The molecule has 6 heteroatoms. The quantitative estimate of drug-likeness (QED) is 0.294. The fourth-order valence-electron chi connectivity index (χ4n) is 1.16. The van der Waals surface area contributed by atoms with Gasteiger partial charge in [-0.1, -0.05) is 0 Å². The Labute approximate surface area is 87.7 Å². The van der Waals surface area contributed by atoms with Gasteiger partial charge < -0.3 is 19.7 Å². The van der Waals surface area contributed by atoms with Crippen LogP contribution in [0.15, 0.2) is 0 Å². The van der Waals surface area contributed by atoms with E-state index in [4.69, 9.17) is 19.7 Å². The molecule has 1 atom stereocenters. The smallest absolute Gasteiger partial charge is 0.416 e. The van der Waals surface area contributed by atoms with E-state index in [2.05, 4.69) is 4.79 Å². The van der Waals surface area contributed by atoms with E-state index in [0.717, 1.165) is 0 Å². The molecule has 6 nitrogen and oxygen atoms in total. The normalized spacial score (nSPS) is 23.3. The molecule has 0 bridgehead atoms. The molecule has 1 rings (SSSR count). The van der Waals surface area contributed by atoms with Gasteiger partial charge >= 0.3 is 11.7 Å². The second-order valence-corrected chi connectivity index (χ2v) is 3.73. The van der Waals surface area contributed by atoms with Crippen LogP contribution in [-0.2, 0) is 19.0 Å².